The van der Waals surface area contributed by atoms with E-state index in [2.05, 4.69) is 5.10 Å². The summed E-state index contributed by atoms with van der Waals surface area (Å²) >= 11 is 0. The van der Waals surface area contributed by atoms with E-state index >= 15 is 0 Å². The molecule has 0 bridgehead atoms. The average Bonchev–Trinajstić information content (AvgIpc) is 2.68. The summed E-state index contributed by atoms with van der Waals surface area (Å²) in [6, 6.07) is 9.73. The van der Waals surface area contributed by atoms with E-state index in [1.165, 1.54) is 0 Å². The van der Waals surface area contributed by atoms with Crippen LogP contribution in [0.2, 0.25) is 0 Å². The second-order valence-electron chi connectivity index (χ2n) is 4.04. The minimum absolute atomic E-state index is 0.316. The molecule has 0 unspecified atom stereocenters. The minimum atomic E-state index is -1.02. The van der Waals surface area contributed by atoms with Crippen molar-refractivity contribution in [3.05, 3.63) is 35.9 Å². The third-order valence-electron chi connectivity index (χ3n) is 2.51. The Morgan fingerprint density at radius 1 is 1.44 bits per heavy atom. The fourth-order valence-electron chi connectivity index (χ4n) is 1.72. The average molecular weight is 246 g/mol. The maximum Gasteiger partial charge on any atom is 0.341 e. The van der Waals surface area contributed by atoms with Crippen LogP contribution < -0.4 is 4.74 Å². The van der Waals surface area contributed by atoms with Crippen molar-refractivity contribution in [2.45, 2.75) is 6.92 Å². The van der Waals surface area contributed by atoms with Gasteiger partial charge in [0.05, 0.1) is 5.69 Å². The number of hydrogen-bond acceptors (Lipinski definition) is 3. The van der Waals surface area contributed by atoms with Crippen molar-refractivity contribution in [2.24, 2.45) is 7.05 Å². The maximum atomic E-state index is 10.4. The van der Waals surface area contributed by atoms with Crippen LogP contribution in [-0.4, -0.2) is 27.5 Å². The predicted molar refractivity (Wildman–Crippen MR) is 66.5 cm³/mol. The highest BCUT2D eigenvalue weighted by atomic mass is 16.5. The van der Waals surface area contributed by atoms with Gasteiger partial charge in [0.2, 0.25) is 5.88 Å². The van der Waals surface area contributed by atoms with Crippen molar-refractivity contribution < 1.29 is 14.6 Å². The van der Waals surface area contributed by atoms with E-state index in [9.17, 15) is 4.79 Å². The van der Waals surface area contributed by atoms with Gasteiger partial charge >= 0.3 is 5.97 Å². The van der Waals surface area contributed by atoms with Gasteiger partial charge in [0.15, 0.2) is 6.61 Å². The Hall–Kier alpha value is -2.30. The summed E-state index contributed by atoms with van der Waals surface area (Å²) in [7, 11) is 1.80. The van der Waals surface area contributed by atoms with Crippen LogP contribution in [0.25, 0.3) is 11.3 Å². The second kappa shape index (κ2) is 4.91. The predicted octanol–water partition coefficient (Wildman–Crippen LogP) is 1.86. The molecule has 1 aromatic carbocycles. The van der Waals surface area contributed by atoms with Crippen LogP contribution in [0.1, 0.15) is 5.56 Å². The van der Waals surface area contributed by atoms with Crippen molar-refractivity contribution in [1.29, 1.82) is 0 Å². The maximum absolute atomic E-state index is 10.4. The van der Waals surface area contributed by atoms with Gasteiger partial charge in [-0.3, -0.25) is 4.68 Å². The van der Waals surface area contributed by atoms with Crippen molar-refractivity contribution >= 4 is 5.97 Å². The van der Waals surface area contributed by atoms with Crippen molar-refractivity contribution in [2.75, 3.05) is 6.61 Å². The molecule has 5 nitrogen and oxygen atoms in total. The van der Waals surface area contributed by atoms with Crippen molar-refractivity contribution in [3.63, 3.8) is 0 Å². The number of aryl methyl sites for hydroxylation is 2. The number of carboxylic acid groups (broad SMARTS) is 1. The lowest BCUT2D eigenvalue weighted by molar-refractivity contribution is -0.139. The summed E-state index contributed by atoms with van der Waals surface area (Å²) in [6.45, 7) is 1.63. The normalized spacial score (nSPS) is 10.3. The molecule has 0 radical (unpaired) electrons. The molecule has 0 atom stereocenters. The highest BCUT2D eigenvalue weighted by Gasteiger charge is 2.09. The van der Waals surface area contributed by atoms with Crippen LogP contribution >= 0.6 is 0 Å². The van der Waals surface area contributed by atoms with Crippen LogP contribution in [-0.2, 0) is 11.8 Å². The molecule has 0 amide bonds. The zero-order chi connectivity index (χ0) is 13.1. The smallest absolute Gasteiger partial charge is 0.341 e. The Labute approximate surface area is 105 Å². The van der Waals surface area contributed by atoms with E-state index in [0.717, 1.165) is 16.8 Å². The van der Waals surface area contributed by atoms with Gasteiger partial charge < -0.3 is 9.84 Å². The number of aliphatic carboxylic acids is 1. The van der Waals surface area contributed by atoms with Crippen molar-refractivity contribution in [3.8, 4) is 17.1 Å². The van der Waals surface area contributed by atoms with E-state index in [-0.39, 0.29) is 6.61 Å². The largest absolute Gasteiger partial charge is 0.479 e. The first-order chi connectivity index (χ1) is 8.56. The third-order valence-corrected chi connectivity index (χ3v) is 2.51. The summed E-state index contributed by atoms with van der Waals surface area (Å²) < 4.78 is 6.72. The zero-order valence-electron chi connectivity index (χ0n) is 10.3. The molecule has 1 N–H and O–H groups in total. The summed E-state index contributed by atoms with van der Waals surface area (Å²) in [4.78, 5) is 10.4. The Bertz CT molecular complexity index is 575. The molecule has 0 aliphatic heterocycles. The van der Waals surface area contributed by atoms with E-state index < -0.39 is 5.97 Å². The van der Waals surface area contributed by atoms with Crippen LogP contribution in [0.5, 0.6) is 5.88 Å². The first-order valence-corrected chi connectivity index (χ1v) is 5.52. The highest BCUT2D eigenvalue weighted by Crippen LogP contribution is 2.23. The molecule has 0 aliphatic rings. The molecule has 2 rings (SSSR count). The number of aromatic nitrogens is 2. The molecule has 0 saturated carbocycles. The lowest BCUT2D eigenvalue weighted by Crippen LogP contribution is -2.09. The lowest BCUT2D eigenvalue weighted by Gasteiger charge is -2.01. The third kappa shape index (κ3) is 2.68. The number of nitrogens with zero attached hydrogens (tertiary/aromatic N) is 2. The number of carbonyl (C=O) groups is 1. The molecule has 18 heavy (non-hydrogen) atoms. The van der Waals surface area contributed by atoms with E-state index in [4.69, 9.17) is 9.84 Å². The highest BCUT2D eigenvalue weighted by molar-refractivity contribution is 5.68. The van der Waals surface area contributed by atoms with Gasteiger partial charge in [0.25, 0.3) is 0 Å². The zero-order valence-corrected chi connectivity index (χ0v) is 10.3. The number of ether oxygens (including phenoxy) is 1. The first-order valence-electron chi connectivity index (χ1n) is 5.52. The van der Waals surface area contributed by atoms with Crippen LogP contribution in [0.3, 0.4) is 0 Å². The van der Waals surface area contributed by atoms with Gasteiger partial charge in [-0.25, -0.2) is 4.79 Å². The van der Waals surface area contributed by atoms with Gasteiger partial charge in [0, 0.05) is 18.7 Å². The van der Waals surface area contributed by atoms with Crippen molar-refractivity contribution in [1.82, 2.24) is 9.78 Å². The fourth-order valence-corrected chi connectivity index (χ4v) is 1.72. The molecule has 1 heterocycles. The molecule has 0 aliphatic carbocycles. The fraction of sp³-hybridized carbons (Fsp3) is 0.231. The molecule has 0 saturated heterocycles. The van der Waals surface area contributed by atoms with Gasteiger partial charge in [-0.15, -0.1) is 5.10 Å². The van der Waals surface area contributed by atoms with Gasteiger partial charge in [-0.1, -0.05) is 23.8 Å². The lowest BCUT2D eigenvalue weighted by atomic mass is 10.1. The van der Waals surface area contributed by atoms with Gasteiger partial charge in [-0.2, -0.15) is 0 Å². The van der Waals surface area contributed by atoms with E-state index in [0.29, 0.717) is 5.88 Å². The quantitative estimate of drug-likeness (QED) is 0.894. The van der Waals surface area contributed by atoms with Crippen LogP contribution in [0.15, 0.2) is 30.3 Å². The Balaban J connectivity index is 2.26. The molecule has 0 spiro atoms. The number of hydrogen-bond donors (Lipinski definition) is 1. The minimum Gasteiger partial charge on any atom is -0.479 e. The molecule has 94 valence electrons. The Morgan fingerprint density at radius 3 is 2.89 bits per heavy atom. The molecular formula is C13H14N2O3. The summed E-state index contributed by atoms with van der Waals surface area (Å²) in [5, 5.41) is 12.7. The van der Waals surface area contributed by atoms with Crippen LogP contribution in [0.4, 0.5) is 0 Å². The summed E-state index contributed by atoms with van der Waals surface area (Å²) in [5.74, 6) is -0.700. The van der Waals surface area contributed by atoms with Gasteiger partial charge in [0.1, 0.15) is 0 Å². The monoisotopic (exact) mass is 246 g/mol. The number of benzene rings is 1. The molecule has 1 aromatic heterocycles. The molecule has 0 fully saturated rings. The topological polar surface area (TPSA) is 64.3 Å². The number of rotatable bonds is 4. The summed E-state index contributed by atoms with van der Waals surface area (Å²) in [5.41, 5.74) is 3.07. The summed E-state index contributed by atoms with van der Waals surface area (Å²) in [6.07, 6.45) is 0. The van der Waals surface area contributed by atoms with Crippen LogP contribution in [0, 0.1) is 6.92 Å². The first kappa shape index (κ1) is 12.2. The van der Waals surface area contributed by atoms with E-state index in [1.807, 2.05) is 31.2 Å². The Morgan fingerprint density at radius 2 is 2.22 bits per heavy atom. The molecular weight excluding hydrogens is 232 g/mol. The van der Waals surface area contributed by atoms with E-state index in [1.54, 1.807) is 17.8 Å². The molecule has 5 heteroatoms. The SMILES string of the molecule is Cc1cccc(-c2cc(OCC(=O)O)nn2C)c1. The second-order valence-corrected chi connectivity index (χ2v) is 4.04. The molecule has 2 aromatic rings. The Kier molecular flexibility index (Phi) is 3.32. The number of carboxylic acids is 1. The standard InChI is InChI=1S/C13H14N2O3/c1-9-4-3-5-10(6-9)11-7-12(14-15(11)2)18-8-13(16)17/h3-7H,8H2,1-2H3,(H,16,17). The van der Waals surface area contributed by atoms with Gasteiger partial charge in [-0.05, 0) is 13.0 Å².